The maximum Gasteiger partial charge on any atom is 0.183 e. The molecule has 0 atom stereocenters. The van der Waals surface area contributed by atoms with Crippen molar-refractivity contribution in [2.45, 2.75) is 59.2 Å². The van der Waals surface area contributed by atoms with Crippen LogP contribution in [0.4, 0.5) is 0 Å². The first-order valence-corrected chi connectivity index (χ1v) is 10.2. The Hall–Kier alpha value is -0.633. The third-order valence-electron chi connectivity index (χ3n) is 3.37. The molecule has 96 valence electrons. The zero-order valence-corrected chi connectivity index (χ0v) is 13.8. The lowest BCUT2D eigenvalue weighted by atomic mass is 10.00. The molecule has 1 aromatic rings. The molecule has 0 aliphatic carbocycles. The van der Waals surface area contributed by atoms with Gasteiger partial charge in [-0.3, -0.25) is 0 Å². The van der Waals surface area contributed by atoms with Crippen LogP contribution < -0.4 is 9.75 Å². The Bertz CT molecular complexity index is 400. The van der Waals surface area contributed by atoms with Crippen molar-refractivity contribution < 1.29 is 4.57 Å². The number of aryl methyl sites for hydroxylation is 1. The molecule has 0 saturated carbocycles. The molecule has 2 heteroatoms. The van der Waals surface area contributed by atoms with E-state index < -0.39 is 8.07 Å². The molecule has 1 heterocycles. The first kappa shape index (κ1) is 14.4. The molecule has 0 spiro atoms. The molecular formula is C15H28NSi+. The fourth-order valence-electron chi connectivity index (χ4n) is 2.36. The monoisotopic (exact) mass is 250 g/mol. The van der Waals surface area contributed by atoms with Crippen LogP contribution in [0.5, 0.6) is 0 Å². The summed E-state index contributed by atoms with van der Waals surface area (Å²) in [5.41, 5.74) is 3.00. The third kappa shape index (κ3) is 3.18. The highest BCUT2D eigenvalue weighted by Crippen LogP contribution is 2.19. The van der Waals surface area contributed by atoms with Crippen LogP contribution in [0.1, 0.15) is 50.8 Å². The lowest BCUT2D eigenvalue weighted by Gasteiger charge is -2.22. The smallest absolute Gasteiger partial charge is 0.183 e. The lowest BCUT2D eigenvalue weighted by molar-refractivity contribution is -0.679. The second kappa shape index (κ2) is 4.93. The first-order valence-electron chi connectivity index (χ1n) is 6.68. The minimum atomic E-state index is -1.25. The highest BCUT2D eigenvalue weighted by Gasteiger charge is 2.27. The van der Waals surface area contributed by atoms with Crippen LogP contribution in [0, 0.1) is 0 Å². The third-order valence-corrected chi connectivity index (χ3v) is 5.40. The Labute approximate surface area is 108 Å². The summed E-state index contributed by atoms with van der Waals surface area (Å²) < 4.78 is 2.32. The normalized spacial score (nSPS) is 12.6. The fourth-order valence-corrected chi connectivity index (χ4v) is 4.17. The Balaban J connectivity index is 3.47. The van der Waals surface area contributed by atoms with E-state index in [1.54, 1.807) is 10.8 Å². The van der Waals surface area contributed by atoms with Gasteiger partial charge in [0, 0.05) is 17.2 Å². The maximum atomic E-state index is 2.43. The van der Waals surface area contributed by atoms with Crippen molar-refractivity contribution in [3.63, 3.8) is 0 Å². The van der Waals surface area contributed by atoms with E-state index in [4.69, 9.17) is 0 Å². The summed E-state index contributed by atoms with van der Waals surface area (Å²) >= 11 is 0. The van der Waals surface area contributed by atoms with Crippen molar-refractivity contribution in [2.24, 2.45) is 7.05 Å². The minimum absolute atomic E-state index is 0.591. The van der Waals surface area contributed by atoms with Crippen molar-refractivity contribution in [3.8, 4) is 0 Å². The Morgan fingerprint density at radius 3 is 1.88 bits per heavy atom. The van der Waals surface area contributed by atoms with Crippen LogP contribution in [0.15, 0.2) is 12.3 Å². The van der Waals surface area contributed by atoms with E-state index in [1.165, 1.54) is 5.69 Å². The van der Waals surface area contributed by atoms with Gasteiger partial charge in [0.05, 0.1) is 8.07 Å². The zero-order valence-electron chi connectivity index (χ0n) is 12.8. The lowest BCUT2D eigenvalue weighted by Crippen LogP contribution is -2.48. The molecule has 0 unspecified atom stereocenters. The topological polar surface area (TPSA) is 3.88 Å². The van der Waals surface area contributed by atoms with Gasteiger partial charge >= 0.3 is 0 Å². The van der Waals surface area contributed by atoms with Crippen molar-refractivity contribution in [1.82, 2.24) is 0 Å². The van der Waals surface area contributed by atoms with Gasteiger partial charge in [-0.05, 0) is 11.5 Å². The molecule has 0 aliphatic rings. The second-order valence-electron chi connectivity index (χ2n) is 6.74. The van der Waals surface area contributed by atoms with Crippen molar-refractivity contribution >= 4 is 13.3 Å². The van der Waals surface area contributed by atoms with E-state index in [2.05, 4.69) is 71.2 Å². The van der Waals surface area contributed by atoms with Gasteiger partial charge in [0.2, 0.25) is 0 Å². The highest BCUT2D eigenvalue weighted by molar-refractivity contribution is 6.89. The Morgan fingerprint density at radius 2 is 1.53 bits per heavy atom. The SMILES string of the molecule is CC(C)c1cc(C(C)C)[n+](C)cc1[Si](C)(C)C. The molecule has 0 radical (unpaired) electrons. The van der Waals surface area contributed by atoms with Gasteiger partial charge in [0.1, 0.15) is 7.05 Å². The molecule has 0 N–H and O–H groups in total. The summed E-state index contributed by atoms with van der Waals surface area (Å²) in [6.45, 7) is 16.5. The quantitative estimate of drug-likeness (QED) is 0.572. The predicted molar refractivity (Wildman–Crippen MR) is 78.8 cm³/mol. The largest absolute Gasteiger partial charge is 0.205 e. The van der Waals surface area contributed by atoms with Gasteiger partial charge in [0.25, 0.3) is 0 Å². The van der Waals surface area contributed by atoms with E-state index in [9.17, 15) is 0 Å². The van der Waals surface area contributed by atoms with Crippen LogP contribution in [-0.2, 0) is 7.05 Å². The van der Waals surface area contributed by atoms with Gasteiger partial charge in [-0.2, -0.15) is 0 Å². The Morgan fingerprint density at radius 1 is 1.00 bits per heavy atom. The van der Waals surface area contributed by atoms with Crippen LogP contribution in [0.2, 0.25) is 19.6 Å². The van der Waals surface area contributed by atoms with E-state index >= 15 is 0 Å². The fraction of sp³-hybridized carbons (Fsp3) is 0.667. The number of hydrogen-bond donors (Lipinski definition) is 0. The second-order valence-corrected chi connectivity index (χ2v) is 11.8. The van der Waals surface area contributed by atoms with Crippen LogP contribution >= 0.6 is 0 Å². The molecule has 0 aromatic carbocycles. The van der Waals surface area contributed by atoms with Crippen LogP contribution in [0.25, 0.3) is 0 Å². The molecule has 1 nitrogen and oxygen atoms in total. The van der Waals surface area contributed by atoms with Crippen molar-refractivity contribution in [2.75, 3.05) is 0 Å². The van der Waals surface area contributed by atoms with Crippen LogP contribution in [0.3, 0.4) is 0 Å². The summed E-state index contributed by atoms with van der Waals surface area (Å²) in [5, 5.41) is 1.61. The van der Waals surface area contributed by atoms with Gasteiger partial charge in [-0.25, -0.2) is 4.57 Å². The molecular weight excluding hydrogens is 222 g/mol. The molecule has 0 bridgehead atoms. The molecule has 0 aliphatic heterocycles. The van der Waals surface area contributed by atoms with Gasteiger partial charge in [0.15, 0.2) is 11.9 Å². The maximum absolute atomic E-state index is 2.43. The average molecular weight is 250 g/mol. The molecule has 0 saturated heterocycles. The molecule has 1 rings (SSSR count). The number of hydrogen-bond acceptors (Lipinski definition) is 0. The van der Waals surface area contributed by atoms with E-state index in [-0.39, 0.29) is 0 Å². The van der Waals surface area contributed by atoms with Gasteiger partial charge in [-0.15, -0.1) is 0 Å². The predicted octanol–water partition coefficient (Wildman–Crippen LogP) is 3.30. The number of rotatable bonds is 3. The summed E-state index contributed by atoms with van der Waals surface area (Å²) in [5.74, 6) is 1.21. The van der Waals surface area contributed by atoms with Crippen molar-refractivity contribution in [3.05, 3.63) is 23.5 Å². The average Bonchev–Trinajstić information content (AvgIpc) is 2.14. The van der Waals surface area contributed by atoms with E-state index in [0.29, 0.717) is 11.8 Å². The van der Waals surface area contributed by atoms with Crippen molar-refractivity contribution in [1.29, 1.82) is 0 Å². The van der Waals surface area contributed by atoms with E-state index in [0.717, 1.165) is 0 Å². The summed E-state index contributed by atoms with van der Waals surface area (Å²) in [4.78, 5) is 0. The first-order chi connectivity index (χ1) is 7.64. The Kier molecular flexibility index (Phi) is 4.18. The molecule has 0 fully saturated rings. The zero-order chi connectivity index (χ0) is 13.4. The molecule has 17 heavy (non-hydrogen) atoms. The molecule has 0 amide bonds. The van der Waals surface area contributed by atoms with E-state index in [1.807, 2.05) is 0 Å². The van der Waals surface area contributed by atoms with Gasteiger partial charge in [-0.1, -0.05) is 47.3 Å². The minimum Gasteiger partial charge on any atom is -0.205 e. The highest BCUT2D eigenvalue weighted by atomic mass is 28.3. The van der Waals surface area contributed by atoms with Gasteiger partial charge < -0.3 is 0 Å². The number of pyridine rings is 1. The summed E-state index contributed by atoms with van der Waals surface area (Å²) in [6.07, 6.45) is 2.39. The summed E-state index contributed by atoms with van der Waals surface area (Å²) in [7, 11) is 0.933. The summed E-state index contributed by atoms with van der Waals surface area (Å²) in [6, 6.07) is 2.43. The number of aromatic nitrogens is 1. The standard InChI is InChI=1S/C15H28NSi/c1-11(2)13-9-14(12(3)4)16(5)10-15(13)17(6,7)8/h9-12H,1-8H3/q+1. The molecule has 1 aromatic heterocycles. The van der Waals surface area contributed by atoms with Crippen LogP contribution in [-0.4, -0.2) is 8.07 Å². The number of nitrogens with zero attached hydrogens (tertiary/aromatic N) is 1.